The van der Waals surface area contributed by atoms with Gasteiger partial charge < -0.3 is 20.5 Å². The number of amides is 1. The number of aliphatic carboxylic acids is 1. The average Bonchev–Trinajstić information content (AvgIpc) is 3.09. The summed E-state index contributed by atoms with van der Waals surface area (Å²) in [5.74, 6) is -0.242. The second-order valence-corrected chi connectivity index (χ2v) is 11.7. The summed E-state index contributed by atoms with van der Waals surface area (Å²) in [6, 6.07) is 17.8. The maximum Gasteiger partial charge on any atom is 0.416 e. The van der Waals surface area contributed by atoms with Crippen LogP contribution in [0.25, 0.3) is 22.5 Å². The van der Waals surface area contributed by atoms with Crippen LogP contribution in [0.3, 0.4) is 0 Å². The van der Waals surface area contributed by atoms with E-state index in [1.807, 2.05) is 48.5 Å². The minimum Gasteiger partial charge on any atom is -0.494 e. The molecule has 0 fully saturated rings. The molecule has 3 N–H and O–H groups in total. The third-order valence-electron chi connectivity index (χ3n) is 7.90. The fraction of sp³-hybridized carbons (Fsp3) is 0.351. The van der Waals surface area contributed by atoms with Crippen molar-refractivity contribution in [2.24, 2.45) is 0 Å². The van der Waals surface area contributed by atoms with Gasteiger partial charge in [-0.15, -0.1) is 0 Å². The van der Waals surface area contributed by atoms with Crippen LogP contribution in [-0.2, 0) is 17.4 Å². The zero-order valence-corrected chi connectivity index (χ0v) is 27.1. The summed E-state index contributed by atoms with van der Waals surface area (Å²) < 4.78 is 44.7. The Bertz CT molecular complexity index is 1590. The molecule has 11 heteroatoms. The van der Waals surface area contributed by atoms with Gasteiger partial charge in [0.05, 0.1) is 12.2 Å². The SMILES string of the molecule is CCCCCCCOc1ccc(-c2cnc(-c3ccc(C[C@@H](CN[C@H](C)C(=O)O)NC(=O)c4ccc(C(F)(F)F)cc4)cc3)nc2)cc1. The van der Waals surface area contributed by atoms with Crippen molar-refractivity contribution >= 4 is 11.9 Å². The van der Waals surface area contributed by atoms with Crippen molar-refractivity contribution in [2.75, 3.05) is 13.2 Å². The topological polar surface area (TPSA) is 113 Å². The van der Waals surface area contributed by atoms with Gasteiger partial charge in [0.15, 0.2) is 5.82 Å². The molecule has 1 amide bonds. The lowest BCUT2D eigenvalue weighted by Gasteiger charge is -2.21. The zero-order valence-electron chi connectivity index (χ0n) is 27.1. The number of nitrogens with zero attached hydrogens (tertiary/aromatic N) is 2. The number of nitrogens with one attached hydrogen (secondary N) is 2. The summed E-state index contributed by atoms with van der Waals surface area (Å²) in [6.45, 7) is 4.51. The first-order chi connectivity index (χ1) is 23.0. The van der Waals surface area contributed by atoms with Crippen molar-refractivity contribution in [2.45, 2.75) is 70.6 Å². The van der Waals surface area contributed by atoms with Gasteiger partial charge in [-0.05, 0) is 67.3 Å². The Morgan fingerprint density at radius 2 is 1.46 bits per heavy atom. The molecule has 3 aromatic carbocycles. The van der Waals surface area contributed by atoms with Crippen LogP contribution in [0.5, 0.6) is 5.75 Å². The van der Waals surface area contributed by atoms with E-state index in [9.17, 15) is 27.9 Å². The molecular formula is C37H41F3N4O4. The highest BCUT2D eigenvalue weighted by molar-refractivity contribution is 5.94. The largest absolute Gasteiger partial charge is 0.494 e. The molecule has 0 saturated carbocycles. The third kappa shape index (κ3) is 10.9. The number of rotatable bonds is 17. The Balaban J connectivity index is 1.37. The standard InChI is InChI=1S/C37H41F3N4O4/c1-3-4-5-6-7-20-48-33-18-14-27(15-19-33)30-22-42-34(43-23-30)28-10-8-26(9-11-28)21-32(24-41-25(2)36(46)47)44-35(45)29-12-16-31(17-13-29)37(38,39)40/h8-19,22-23,25,32,41H,3-7,20-21,24H2,1-2H3,(H,44,45)(H,46,47)/t25-,32+/m1/s1. The molecule has 0 aliphatic rings. The fourth-order valence-electron chi connectivity index (χ4n) is 5.00. The quantitative estimate of drug-likeness (QED) is 0.0999. The van der Waals surface area contributed by atoms with Crippen molar-refractivity contribution in [1.29, 1.82) is 0 Å². The van der Waals surface area contributed by atoms with Gasteiger partial charge in [-0.25, -0.2) is 9.97 Å². The highest BCUT2D eigenvalue weighted by Crippen LogP contribution is 2.29. The summed E-state index contributed by atoms with van der Waals surface area (Å²) in [7, 11) is 0. The number of ether oxygens (including phenoxy) is 1. The normalized spacial score (nSPS) is 12.7. The van der Waals surface area contributed by atoms with Gasteiger partial charge in [0.2, 0.25) is 0 Å². The Hall–Kier alpha value is -4.77. The van der Waals surface area contributed by atoms with E-state index in [4.69, 9.17) is 4.74 Å². The summed E-state index contributed by atoms with van der Waals surface area (Å²) in [5.41, 5.74) is 2.69. The van der Waals surface area contributed by atoms with Crippen LogP contribution in [0.2, 0.25) is 0 Å². The Morgan fingerprint density at radius 3 is 2.06 bits per heavy atom. The first-order valence-electron chi connectivity index (χ1n) is 16.1. The third-order valence-corrected chi connectivity index (χ3v) is 7.90. The molecule has 0 radical (unpaired) electrons. The molecule has 4 rings (SSSR count). The fourth-order valence-corrected chi connectivity index (χ4v) is 5.00. The van der Waals surface area contributed by atoms with Crippen molar-refractivity contribution < 1.29 is 32.6 Å². The molecule has 1 heterocycles. The van der Waals surface area contributed by atoms with Crippen LogP contribution < -0.4 is 15.4 Å². The second kappa shape index (κ2) is 17.4. The van der Waals surface area contributed by atoms with Gasteiger partial charge >= 0.3 is 12.1 Å². The number of alkyl halides is 3. The van der Waals surface area contributed by atoms with Crippen LogP contribution in [0.15, 0.2) is 85.2 Å². The average molecular weight is 663 g/mol. The van der Waals surface area contributed by atoms with E-state index in [2.05, 4.69) is 27.5 Å². The monoisotopic (exact) mass is 662 g/mol. The lowest BCUT2D eigenvalue weighted by atomic mass is 10.0. The van der Waals surface area contributed by atoms with Gasteiger partial charge in [-0.2, -0.15) is 13.2 Å². The first kappa shape index (κ1) is 36.1. The van der Waals surface area contributed by atoms with E-state index in [0.29, 0.717) is 18.9 Å². The Morgan fingerprint density at radius 1 is 0.833 bits per heavy atom. The molecule has 48 heavy (non-hydrogen) atoms. The minimum absolute atomic E-state index is 0.0627. The number of carbonyl (C=O) groups excluding carboxylic acids is 1. The number of carboxylic acids is 1. The van der Waals surface area contributed by atoms with Gasteiger partial charge in [-0.1, -0.05) is 69.0 Å². The van der Waals surface area contributed by atoms with E-state index in [1.165, 1.54) is 32.6 Å². The predicted octanol–water partition coefficient (Wildman–Crippen LogP) is 7.58. The lowest BCUT2D eigenvalue weighted by Crippen LogP contribution is -2.47. The zero-order chi connectivity index (χ0) is 34.5. The van der Waals surface area contributed by atoms with Crippen LogP contribution in [0, 0.1) is 0 Å². The van der Waals surface area contributed by atoms with Crippen molar-refractivity contribution in [1.82, 2.24) is 20.6 Å². The Kier molecular flexibility index (Phi) is 13.1. The smallest absolute Gasteiger partial charge is 0.416 e. The summed E-state index contributed by atoms with van der Waals surface area (Å²) in [4.78, 5) is 33.3. The van der Waals surface area contributed by atoms with E-state index in [-0.39, 0.29) is 12.1 Å². The van der Waals surface area contributed by atoms with E-state index >= 15 is 0 Å². The number of hydrogen-bond donors (Lipinski definition) is 3. The molecular weight excluding hydrogens is 621 g/mol. The number of benzene rings is 3. The van der Waals surface area contributed by atoms with Crippen molar-refractivity contribution in [3.63, 3.8) is 0 Å². The molecule has 1 aromatic heterocycles. The molecule has 0 bridgehead atoms. The van der Waals surface area contributed by atoms with Gasteiger partial charge in [0, 0.05) is 41.7 Å². The summed E-state index contributed by atoms with van der Waals surface area (Å²) >= 11 is 0. The molecule has 0 aliphatic carbocycles. The molecule has 254 valence electrons. The second-order valence-electron chi connectivity index (χ2n) is 11.7. The van der Waals surface area contributed by atoms with Gasteiger partial charge in [-0.3, -0.25) is 9.59 Å². The van der Waals surface area contributed by atoms with Gasteiger partial charge in [0.1, 0.15) is 11.8 Å². The van der Waals surface area contributed by atoms with Gasteiger partial charge in [0.25, 0.3) is 5.91 Å². The van der Waals surface area contributed by atoms with Crippen LogP contribution in [0.1, 0.15) is 67.4 Å². The lowest BCUT2D eigenvalue weighted by molar-refractivity contribution is -0.139. The first-order valence-corrected chi connectivity index (χ1v) is 16.1. The molecule has 0 spiro atoms. The number of aromatic nitrogens is 2. The number of hydrogen-bond acceptors (Lipinski definition) is 6. The summed E-state index contributed by atoms with van der Waals surface area (Å²) in [6.07, 6.45) is 5.30. The maximum atomic E-state index is 12.9. The predicted molar refractivity (Wildman–Crippen MR) is 179 cm³/mol. The highest BCUT2D eigenvalue weighted by Gasteiger charge is 2.30. The van der Waals surface area contributed by atoms with Crippen LogP contribution in [-0.4, -0.2) is 52.2 Å². The molecule has 2 atom stereocenters. The summed E-state index contributed by atoms with van der Waals surface area (Å²) in [5, 5.41) is 15.0. The highest BCUT2D eigenvalue weighted by atomic mass is 19.4. The molecule has 0 unspecified atom stereocenters. The number of unbranched alkanes of at least 4 members (excludes halogenated alkanes) is 4. The molecule has 4 aromatic rings. The van der Waals surface area contributed by atoms with Crippen molar-refractivity contribution in [3.8, 4) is 28.3 Å². The van der Waals surface area contributed by atoms with Crippen molar-refractivity contribution in [3.05, 3.63) is 102 Å². The van der Waals surface area contributed by atoms with Crippen LogP contribution in [0.4, 0.5) is 13.2 Å². The number of carbonyl (C=O) groups is 2. The molecule has 0 aliphatic heterocycles. The number of halogens is 3. The van der Waals surface area contributed by atoms with E-state index < -0.39 is 35.7 Å². The van der Waals surface area contributed by atoms with E-state index in [0.717, 1.165) is 58.7 Å². The van der Waals surface area contributed by atoms with E-state index in [1.54, 1.807) is 12.4 Å². The minimum atomic E-state index is -4.51. The van der Waals surface area contributed by atoms with Crippen LogP contribution >= 0.6 is 0 Å². The maximum absolute atomic E-state index is 12.9. The Labute approximate surface area is 278 Å². The molecule has 0 saturated heterocycles. The number of carboxylic acid groups (broad SMARTS) is 1. The molecule has 8 nitrogen and oxygen atoms in total.